The number of sulfonamides is 1. The van der Waals surface area contributed by atoms with Gasteiger partial charge in [-0.3, -0.25) is 0 Å². The first-order valence-electron chi connectivity index (χ1n) is 5.17. The van der Waals surface area contributed by atoms with E-state index < -0.39 is 19.9 Å². The molecular formula is C8H18N2O4S2. The summed E-state index contributed by atoms with van der Waals surface area (Å²) in [5.41, 5.74) is 0. The zero-order chi connectivity index (χ0) is 12.2. The van der Waals surface area contributed by atoms with Crippen LogP contribution in [0.5, 0.6) is 0 Å². The Labute approximate surface area is 96.8 Å². The molecule has 16 heavy (non-hydrogen) atoms. The maximum Gasteiger partial charge on any atom is 0.212 e. The van der Waals surface area contributed by atoms with Crippen LogP contribution >= 0.6 is 0 Å². The summed E-state index contributed by atoms with van der Waals surface area (Å²) in [5, 5.41) is 3.08. The Bertz CT molecular complexity index is 409. The van der Waals surface area contributed by atoms with Crippen molar-refractivity contribution in [3.05, 3.63) is 0 Å². The second kappa shape index (κ2) is 5.44. The predicted octanol–water partition coefficient (Wildman–Crippen LogP) is -1.30. The first-order valence-corrected chi connectivity index (χ1v) is 8.88. The van der Waals surface area contributed by atoms with Crippen molar-refractivity contribution in [3.8, 4) is 0 Å². The zero-order valence-corrected chi connectivity index (χ0v) is 10.9. The molecule has 1 saturated heterocycles. The summed E-state index contributed by atoms with van der Waals surface area (Å²) in [6.45, 7) is 1.51. The summed E-state index contributed by atoms with van der Waals surface area (Å²) in [5.74, 6) is -0.690. The number of rotatable bonds is 5. The van der Waals surface area contributed by atoms with Crippen molar-refractivity contribution in [2.45, 2.75) is 18.9 Å². The minimum Gasteiger partial charge on any atom is -0.315 e. The molecule has 0 aromatic carbocycles. The Kier molecular flexibility index (Phi) is 4.72. The molecule has 1 heterocycles. The summed E-state index contributed by atoms with van der Waals surface area (Å²) in [4.78, 5) is 0. The lowest BCUT2D eigenvalue weighted by Gasteiger charge is -2.23. The normalized spacial score (nSPS) is 23.2. The Balaban J connectivity index is 2.44. The molecule has 0 saturated carbocycles. The molecule has 2 N–H and O–H groups in total. The second-order valence-corrected chi connectivity index (χ2v) is 8.24. The van der Waals surface area contributed by atoms with Crippen molar-refractivity contribution in [3.63, 3.8) is 0 Å². The fourth-order valence-corrected chi connectivity index (χ4v) is 4.44. The molecule has 1 unspecified atom stereocenters. The van der Waals surface area contributed by atoms with E-state index in [-0.39, 0.29) is 17.5 Å². The third-order valence-electron chi connectivity index (χ3n) is 2.37. The molecule has 1 aliphatic rings. The molecule has 6 nitrogen and oxygen atoms in total. The van der Waals surface area contributed by atoms with Gasteiger partial charge in [0.25, 0.3) is 0 Å². The minimum absolute atomic E-state index is 0.113. The van der Waals surface area contributed by atoms with Gasteiger partial charge in [-0.05, 0) is 19.4 Å². The molecule has 1 atom stereocenters. The largest absolute Gasteiger partial charge is 0.315 e. The topological polar surface area (TPSA) is 92.3 Å². The van der Waals surface area contributed by atoms with Gasteiger partial charge in [-0.25, -0.2) is 21.6 Å². The second-order valence-electron chi connectivity index (χ2n) is 4.11. The monoisotopic (exact) mass is 270 g/mol. The van der Waals surface area contributed by atoms with Crippen molar-refractivity contribution in [1.29, 1.82) is 0 Å². The molecule has 8 heteroatoms. The van der Waals surface area contributed by atoms with Gasteiger partial charge in [-0.1, -0.05) is 0 Å². The van der Waals surface area contributed by atoms with Crippen LogP contribution in [0.4, 0.5) is 0 Å². The molecule has 0 amide bonds. The lowest BCUT2D eigenvalue weighted by Crippen LogP contribution is -2.46. The lowest BCUT2D eigenvalue weighted by molar-refractivity contribution is 0.429. The van der Waals surface area contributed by atoms with Crippen LogP contribution in [0, 0.1) is 0 Å². The average Bonchev–Trinajstić information content (AvgIpc) is 2.15. The van der Waals surface area contributed by atoms with E-state index in [1.165, 1.54) is 0 Å². The average molecular weight is 270 g/mol. The van der Waals surface area contributed by atoms with E-state index in [1.54, 1.807) is 0 Å². The highest BCUT2D eigenvalue weighted by Gasteiger charge is 2.20. The fraction of sp³-hybridized carbons (Fsp3) is 1.00. The molecule has 1 fully saturated rings. The number of hydrogen-bond acceptors (Lipinski definition) is 5. The van der Waals surface area contributed by atoms with Crippen LogP contribution in [0.2, 0.25) is 0 Å². The van der Waals surface area contributed by atoms with Crippen LogP contribution < -0.4 is 10.0 Å². The van der Waals surface area contributed by atoms with Crippen LogP contribution in [-0.2, 0) is 19.9 Å². The summed E-state index contributed by atoms with van der Waals surface area (Å²) < 4.78 is 47.3. The Morgan fingerprint density at radius 2 is 1.94 bits per heavy atom. The first-order chi connectivity index (χ1) is 7.29. The molecule has 0 aromatic rings. The standard InChI is InChI=1S/C8H18N2O4S2/c1-15(11,12)5-6-16(13,14)10-8-3-2-4-9-7-8/h8-10H,2-7H2,1H3. The van der Waals surface area contributed by atoms with Crippen molar-refractivity contribution < 1.29 is 16.8 Å². The van der Waals surface area contributed by atoms with Crippen LogP contribution in [0.25, 0.3) is 0 Å². The van der Waals surface area contributed by atoms with Gasteiger partial charge in [0.05, 0.1) is 11.5 Å². The quantitative estimate of drug-likeness (QED) is 0.648. The smallest absolute Gasteiger partial charge is 0.212 e. The predicted molar refractivity (Wildman–Crippen MR) is 62.5 cm³/mol. The summed E-state index contributed by atoms with van der Waals surface area (Å²) in [7, 11) is -6.72. The SMILES string of the molecule is CS(=O)(=O)CCS(=O)(=O)NC1CCCNC1. The third kappa shape index (κ3) is 5.78. The summed E-state index contributed by atoms with van der Waals surface area (Å²) in [6.07, 6.45) is 2.76. The summed E-state index contributed by atoms with van der Waals surface area (Å²) in [6, 6.07) is -0.113. The van der Waals surface area contributed by atoms with E-state index in [0.29, 0.717) is 6.54 Å². The highest BCUT2D eigenvalue weighted by molar-refractivity contribution is 7.93. The van der Waals surface area contributed by atoms with E-state index in [1.807, 2.05) is 0 Å². The zero-order valence-electron chi connectivity index (χ0n) is 9.27. The van der Waals surface area contributed by atoms with Gasteiger partial charge in [0.2, 0.25) is 10.0 Å². The highest BCUT2D eigenvalue weighted by atomic mass is 32.2. The molecule has 0 aromatic heterocycles. The highest BCUT2D eigenvalue weighted by Crippen LogP contribution is 2.03. The van der Waals surface area contributed by atoms with E-state index in [9.17, 15) is 16.8 Å². The van der Waals surface area contributed by atoms with Crippen molar-refractivity contribution in [1.82, 2.24) is 10.0 Å². The molecule has 1 aliphatic heterocycles. The lowest BCUT2D eigenvalue weighted by atomic mass is 10.1. The molecule has 1 rings (SSSR count). The molecule has 0 radical (unpaired) electrons. The molecule has 0 bridgehead atoms. The van der Waals surface area contributed by atoms with Gasteiger partial charge in [-0.2, -0.15) is 0 Å². The van der Waals surface area contributed by atoms with Gasteiger partial charge in [0, 0.05) is 18.8 Å². The number of sulfone groups is 1. The van der Waals surface area contributed by atoms with Crippen molar-refractivity contribution in [2.24, 2.45) is 0 Å². The van der Waals surface area contributed by atoms with Crippen LogP contribution in [-0.4, -0.2) is 53.7 Å². The number of hydrogen-bond donors (Lipinski definition) is 2. The Hall–Kier alpha value is -0.180. The third-order valence-corrected chi connectivity index (χ3v) is 5.00. The van der Waals surface area contributed by atoms with Gasteiger partial charge in [-0.15, -0.1) is 0 Å². The van der Waals surface area contributed by atoms with Crippen LogP contribution in [0.15, 0.2) is 0 Å². The molecular weight excluding hydrogens is 252 g/mol. The van der Waals surface area contributed by atoms with E-state index in [2.05, 4.69) is 10.0 Å². The van der Waals surface area contributed by atoms with Crippen molar-refractivity contribution in [2.75, 3.05) is 30.9 Å². The fourth-order valence-electron chi connectivity index (χ4n) is 1.53. The van der Waals surface area contributed by atoms with E-state index in [0.717, 1.165) is 25.6 Å². The van der Waals surface area contributed by atoms with Gasteiger partial charge < -0.3 is 5.32 Å². The first kappa shape index (κ1) is 13.9. The molecule has 0 spiro atoms. The summed E-state index contributed by atoms with van der Waals surface area (Å²) >= 11 is 0. The van der Waals surface area contributed by atoms with Gasteiger partial charge in [0.15, 0.2) is 0 Å². The van der Waals surface area contributed by atoms with E-state index >= 15 is 0 Å². The maximum atomic E-state index is 11.5. The number of piperidine rings is 1. The van der Waals surface area contributed by atoms with E-state index in [4.69, 9.17) is 0 Å². The van der Waals surface area contributed by atoms with Gasteiger partial charge in [0.1, 0.15) is 9.84 Å². The maximum absolute atomic E-state index is 11.5. The Morgan fingerprint density at radius 1 is 1.25 bits per heavy atom. The minimum atomic E-state index is -3.48. The van der Waals surface area contributed by atoms with Crippen LogP contribution in [0.1, 0.15) is 12.8 Å². The molecule has 96 valence electrons. The van der Waals surface area contributed by atoms with Gasteiger partial charge >= 0.3 is 0 Å². The number of nitrogens with one attached hydrogen (secondary N) is 2. The van der Waals surface area contributed by atoms with Crippen LogP contribution in [0.3, 0.4) is 0 Å². The van der Waals surface area contributed by atoms with Crippen molar-refractivity contribution >= 4 is 19.9 Å². The molecule has 0 aliphatic carbocycles. The Morgan fingerprint density at radius 3 is 2.44 bits per heavy atom.